The summed E-state index contributed by atoms with van der Waals surface area (Å²) in [5, 5.41) is 21.2. The SMILES string of the molecule is Cc1ccn(-c2nccc(Nc3c(NC4c5oc(C)cc5CCC4(C)C)c(=O)c3=O)c2O)n1. The molecule has 3 aromatic heterocycles. The summed E-state index contributed by atoms with van der Waals surface area (Å²) in [6, 6.07) is 5.08. The summed E-state index contributed by atoms with van der Waals surface area (Å²) in [4.78, 5) is 29.1. The van der Waals surface area contributed by atoms with Crippen molar-refractivity contribution in [1.29, 1.82) is 0 Å². The maximum absolute atomic E-state index is 12.5. The summed E-state index contributed by atoms with van der Waals surface area (Å²) in [6.07, 6.45) is 4.98. The van der Waals surface area contributed by atoms with Gasteiger partial charge in [0.2, 0.25) is 0 Å². The Labute approximate surface area is 189 Å². The molecule has 0 amide bonds. The molecule has 9 heteroatoms. The Kier molecular flexibility index (Phi) is 4.66. The number of furan rings is 1. The number of aromatic hydroxyl groups is 1. The molecule has 5 rings (SSSR count). The first kappa shape index (κ1) is 21.0. The first-order chi connectivity index (χ1) is 15.7. The van der Waals surface area contributed by atoms with Crippen molar-refractivity contribution in [3.05, 3.63) is 73.8 Å². The number of hydrogen-bond acceptors (Lipinski definition) is 8. The average molecular weight is 447 g/mol. The van der Waals surface area contributed by atoms with Crippen LogP contribution in [0.25, 0.3) is 5.82 Å². The van der Waals surface area contributed by atoms with Crippen LogP contribution in [-0.2, 0) is 6.42 Å². The van der Waals surface area contributed by atoms with E-state index in [0.717, 1.165) is 35.6 Å². The highest BCUT2D eigenvalue weighted by Crippen LogP contribution is 2.46. The van der Waals surface area contributed by atoms with Crippen LogP contribution in [0.3, 0.4) is 0 Å². The second-order valence-electron chi connectivity index (χ2n) is 9.28. The van der Waals surface area contributed by atoms with Crippen LogP contribution < -0.4 is 21.5 Å². The maximum atomic E-state index is 12.5. The molecular formula is C24H25N5O4. The number of hydrogen-bond donors (Lipinski definition) is 3. The quantitative estimate of drug-likeness (QED) is 0.396. The van der Waals surface area contributed by atoms with Crippen LogP contribution >= 0.6 is 0 Å². The second kappa shape index (κ2) is 7.33. The predicted octanol–water partition coefficient (Wildman–Crippen LogP) is 3.65. The molecule has 0 saturated heterocycles. The minimum Gasteiger partial charge on any atom is -0.503 e. The number of nitrogens with one attached hydrogen (secondary N) is 2. The Hall–Kier alpha value is -3.88. The predicted molar refractivity (Wildman–Crippen MR) is 124 cm³/mol. The molecule has 170 valence electrons. The Morgan fingerprint density at radius 3 is 2.67 bits per heavy atom. The van der Waals surface area contributed by atoms with Crippen molar-refractivity contribution < 1.29 is 9.52 Å². The van der Waals surface area contributed by atoms with E-state index in [1.165, 1.54) is 16.9 Å². The number of rotatable bonds is 5. The number of aryl methyl sites for hydroxylation is 3. The minimum absolute atomic E-state index is 0.107. The fraction of sp³-hybridized carbons (Fsp3) is 0.333. The lowest BCUT2D eigenvalue weighted by atomic mass is 9.73. The molecule has 1 aromatic carbocycles. The normalized spacial score (nSPS) is 17.2. The number of fused-ring (bicyclic) bond motifs is 1. The monoisotopic (exact) mass is 447 g/mol. The lowest BCUT2D eigenvalue weighted by molar-refractivity contribution is 0.232. The van der Waals surface area contributed by atoms with Gasteiger partial charge in [-0.15, -0.1) is 0 Å². The summed E-state index contributed by atoms with van der Waals surface area (Å²) in [5.41, 5.74) is 0.992. The minimum atomic E-state index is -0.644. The van der Waals surface area contributed by atoms with E-state index < -0.39 is 10.9 Å². The molecule has 9 nitrogen and oxygen atoms in total. The van der Waals surface area contributed by atoms with E-state index in [2.05, 4.69) is 34.6 Å². The van der Waals surface area contributed by atoms with Crippen molar-refractivity contribution in [3.63, 3.8) is 0 Å². The fourth-order valence-electron chi connectivity index (χ4n) is 4.41. The Morgan fingerprint density at radius 2 is 1.94 bits per heavy atom. The van der Waals surface area contributed by atoms with Gasteiger partial charge in [-0.1, -0.05) is 13.8 Å². The van der Waals surface area contributed by atoms with Crippen molar-refractivity contribution in [1.82, 2.24) is 14.8 Å². The molecule has 0 bridgehead atoms. The van der Waals surface area contributed by atoms with Gasteiger partial charge >= 0.3 is 0 Å². The number of aromatic nitrogens is 3. The average Bonchev–Trinajstić information content (AvgIpc) is 3.37. The fourth-order valence-corrected chi connectivity index (χ4v) is 4.41. The van der Waals surface area contributed by atoms with Crippen LogP contribution in [0.5, 0.6) is 5.75 Å². The highest BCUT2D eigenvalue weighted by molar-refractivity contribution is 5.81. The van der Waals surface area contributed by atoms with Crippen LogP contribution in [0.4, 0.5) is 17.1 Å². The highest BCUT2D eigenvalue weighted by atomic mass is 16.3. The van der Waals surface area contributed by atoms with Crippen LogP contribution in [0.2, 0.25) is 0 Å². The molecule has 1 aliphatic rings. The van der Waals surface area contributed by atoms with Crippen LogP contribution in [0.1, 0.15) is 49.1 Å². The molecule has 3 N–H and O–H groups in total. The van der Waals surface area contributed by atoms with E-state index in [4.69, 9.17) is 4.42 Å². The van der Waals surface area contributed by atoms with Gasteiger partial charge in [0, 0.05) is 12.4 Å². The second-order valence-corrected chi connectivity index (χ2v) is 9.28. The van der Waals surface area contributed by atoms with Gasteiger partial charge in [-0.05, 0) is 55.9 Å². The summed E-state index contributed by atoms with van der Waals surface area (Å²) in [7, 11) is 0. The topological polar surface area (TPSA) is 122 Å². The Bertz CT molecular complexity index is 1440. The maximum Gasteiger partial charge on any atom is 0.253 e. The summed E-state index contributed by atoms with van der Waals surface area (Å²) < 4.78 is 7.41. The van der Waals surface area contributed by atoms with Gasteiger partial charge in [0.25, 0.3) is 10.9 Å². The standard InChI is InChI=1S/C24H25N5O4/c1-12-7-10-29(28-12)23-18(30)15(6-9-25-23)26-16-17(20(32)19(16)31)27-22-21-14(11-13(2)33-21)5-8-24(22,3)4/h6-7,9-11,22,27,30H,5,8H2,1-4H3,(H,25,26). The van der Waals surface area contributed by atoms with Crippen LogP contribution in [0, 0.1) is 19.3 Å². The smallest absolute Gasteiger partial charge is 0.253 e. The molecule has 0 spiro atoms. The summed E-state index contributed by atoms with van der Waals surface area (Å²) >= 11 is 0. The molecule has 1 atom stereocenters. The van der Waals surface area contributed by atoms with Gasteiger partial charge in [0.15, 0.2) is 11.6 Å². The van der Waals surface area contributed by atoms with Crippen molar-refractivity contribution in [2.75, 3.05) is 10.6 Å². The summed E-state index contributed by atoms with van der Waals surface area (Å²) in [5.74, 6) is 1.65. The molecule has 3 heterocycles. The van der Waals surface area contributed by atoms with Crippen LogP contribution in [-0.4, -0.2) is 19.9 Å². The van der Waals surface area contributed by atoms with Crippen molar-refractivity contribution >= 4 is 17.1 Å². The zero-order chi connectivity index (χ0) is 23.5. The molecule has 0 radical (unpaired) electrons. The van der Waals surface area contributed by atoms with E-state index >= 15 is 0 Å². The van der Waals surface area contributed by atoms with Crippen LogP contribution in [0.15, 0.2) is 44.6 Å². The molecule has 33 heavy (non-hydrogen) atoms. The van der Waals surface area contributed by atoms with E-state index in [1.54, 1.807) is 12.3 Å². The number of pyridine rings is 1. The van der Waals surface area contributed by atoms with Gasteiger partial charge in [0.1, 0.15) is 22.9 Å². The van der Waals surface area contributed by atoms with E-state index in [9.17, 15) is 14.7 Å². The Balaban J connectivity index is 1.49. The lowest BCUT2D eigenvalue weighted by Gasteiger charge is -2.38. The molecular weight excluding hydrogens is 422 g/mol. The van der Waals surface area contributed by atoms with Gasteiger partial charge in [-0.25, -0.2) is 9.67 Å². The largest absolute Gasteiger partial charge is 0.503 e. The number of nitrogens with zero attached hydrogens (tertiary/aromatic N) is 3. The van der Waals surface area contributed by atoms with E-state index in [1.807, 2.05) is 19.9 Å². The van der Waals surface area contributed by atoms with E-state index in [-0.39, 0.29) is 40.1 Å². The molecule has 0 aliphatic heterocycles. The zero-order valence-electron chi connectivity index (χ0n) is 18.9. The van der Waals surface area contributed by atoms with Gasteiger partial charge < -0.3 is 20.2 Å². The zero-order valence-corrected chi connectivity index (χ0v) is 18.9. The lowest BCUT2D eigenvalue weighted by Crippen LogP contribution is -2.41. The van der Waals surface area contributed by atoms with Gasteiger partial charge in [-0.2, -0.15) is 5.10 Å². The third kappa shape index (κ3) is 3.40. The van der Waals surface area contributed by atoms with Crippen molar-refractivity contribution in [2.24, 2.45) is 5.41 Å². The van der Waals surface area contributed by atoms with Crippen molar-refractivity contribution in [3.8, 4) is 11.6 Å². The summed E-state index contributed by atoms with van der Waals surface area (Å²) in [6.45, 7) is 7.95. The highest BCUT2D eigenvalue weighted by Gasteiger charge is 2.40. The van der Waals surface area contributed by atoms with Crippen molar-refractivity contribution in [2.45, 2.75) is 46.6 Å². The molecule has 1 aliphatic carbocycles. The van der Waals surface area contributed by atoms with E-state index in [0.29, 0.717) is 0 Å². The third-order valence-corrected chi connectivity index (χ3v) is 6.35. The van der Waals surface area contributed by atoms with Gasteiger partial charge in [0.05, 0.1) is 17.4 Å². The first-order valence-corrected chi connectivity index (χ1v) is 10.8. The number of anilines is 3. The van der Waals surface area contributed by atoms with Gasteiger partial charge in [-0.3, -0.25) is 9.59 Å². The first-order valence-electron chi connectivity index (χ1n) is 10.8. The molecule has 4 aromatic rings. The molecule has 0 saturated carbocycles. The third-order valence-electron chi connectivity index (χ3n) is 6.35. The Morgan fingerprint density at radius 1 is 1.18 bits per heavy atom. The molecule has 1 unspecified atom stereocenters. The molecule has 0 fully saturated rings.